The standard InChI is InChI=1S/C41H24F6O4/c42-40(43,44)39(41(45,46)47)31-13-21-35(22-14-31)50-33-17-9-29(10-18-33)37(48)27-5-1-25(2-6-27)26-3-7-28(8-4-26)38(49)30-11-19-34(20-12-30)51-36-23-15-32(39)16-24-36/h1-24H. The quantitative estimate of drug-likeness (QED) is 0.149. The SMILES string of the molecule is O=C1c2ccc(cc2)Oc2ccc(cc2)C(C(F)(F)F)(C(F)(F)F)c2ccc(cc2)Oc2ccc(cc2)C(=O)c2ccc(cc2)-c2ccc1cc2. The Kier molecular flexibility index (Phi) is 8.25. The van der Waals surface area contributed by atoms with Gasteiger partial charge in [0, 0.05) is 22.3 Å². The van der Waals surface area contributed by atoms with Crippen LogP contribution in [-0.4, -0.2) is 23.9 Å². The number of carbonyl (C=O) groups is 2. The number of rotatable bonds is 0. The second-order valence-electron chi connectivity index (χ2n) is 11.9. The Balaban J connectivity index is 1.30. The van der Waals surface area contributed by atoms with Crippen molar-refractivity contribution in [1.82, 2.24) is 0 Å². The summed E-state index contributed by atoms with van der Waals surface area (Å²) in [5.41, 5.74) is -3.33. The number of ether oxygens (including phenoxy) is 2. The summed E-state index contributed by atoms with van der Waals surface area (Å²) in [5.74, 6) is -0.155. The van der Waals surface area contributed by atoms with Crippen LogP contribution >= 0.6 is 0 Å². The van der Waals surface area contributed by atoms with Gasteiger partial charge in [-0.05, 0) is 95.1 Å². The first-order valence-corrected chi connectivity index (χ1v) is 15.5. The molecule has 51 heavy (non-hydrogen) atoms. The fourth-order valence-electron chi connectivity index (χ4n) is 6.11. The molecule has 0 aliphatic carbocycles. The Morgan fingerprint density at radius 1 is 0.333 bits per heavy atom. The van der Waals surface area contributed by atoms with Gasteiger partial charge in [0.15, 0.2) is 11.6 Å². The number of ketones is 2. The highest BCUT2D eigenvalue weighted by Crippen LogP contribution is 2.56. The number of hydrogen-bond acceptors (Lipinski definition) is 4. The van der Waals surface area contributed by atoms with Gasteiger partial charge in [-0.1, -0.05) is 72.8 Å². The third-order valence-corrected chi connectivity index (χ3v) is 8.76. The Morgan fingerprint density at radius 3 is 0.804 bits per heavy atom. The van der Waals surface area contributed by atoms with Gasteiger partial charge >= 0.3 is 12.4 Å². The number of benzene rings is 6. The lowest BCUT2D eigenvalue weighted by Crippen LogP contribution is -2.54. The first-order valence-electron chi connectivity index (χ1n) is 15.5. The number of halogens is 6. The highest BCUT2D eigenvalue weighted by atomic mass is 19.4. The molecule has 10 aliphatic rings. The molecule has 0 unspecified atom stereocenters. The van der Waals surface area contributed by atoms with E-state index in [4.69, 9.17) is 9.47 Å². The predicted molar refractivity (Wildman–Crippen MR) is 178 cm³/mol. The van der Waals surface area contributed by atoms with E-state index in [1.54, 1.807) is 48.5 Å². The lowest BCUT2D eigenvalue weighted by Gasteiger charge is -2.38. The Morgan fingerprint density at radius 2 is 0.549 bits per heavy atom. The zero-order chi connectivity index (χ0) is 36.0. The van der Waals surface area contributed by atoms with Crippen molar-refractivity contribution >= 4 is 11.6 Å². The van der Waals surface area contributed by atoms with Gasteiger partial charge in [-0.15, -0.1) is 0 Å². The van der Waals surface area contributed by atoms with Gasteiger partial charge in [-0.25, -0.2) is 0 Å². The molecule has 0 spiro atoms. The molecule has 12 bridgehead atoms. The van der Waals surface area contributed by atoms with Gasteiger partial charge in [0.05, 0.1) is 0 Å². The van der Waals surface area contributed by atoms with Crippen molar-refractivity contribution in [3.8, 4) is 34.1 Å². The molecule has 16 rings (SSSR count). The molecule has 0 fully saturated rings. The van der Waals surface area contributed by atoms with Gasteiger partial charge in [0.2, 0.25) is 5.41 Å². The van der Waals surface area contributed by atoms with Crippen LogP contribution in [0, 0.1) is 0 Å². The van der Waals surface area contributed by atoms with E-state index >= 15 is 0 Å². The molecule has 0 aromatic heterocycles. The molecule has 0 saturated heterocycles. The van der Waals surface area contributed by atoms with Crippen LogP contribution in [0.3, 0.4) is 0 Å². The van der Waals surface area contributed by atoms with Crippen LogP contribution < -0.4 is 9.47 Å². The highest BCUT2D eigenvalue weighted by molar-refractivity contribution is 6.10. The summed E-state index contributed by atoms with van der Waals surface area (Å²) < 4.78 is 99.9. The molecule has 0 radical (unpaired) electrons. The van der Waals surface area contributed by atoms with E-state index in [0.29, 0.717) is 22.3 Å². The zero-order valence-corrected chi connectivity index (χ0v) is 26.3. The minimum Gasteiger partial charge on any atom is -0.457 e. The fourth-order valence-corrected chi connectivity index (χ4v) is 6.11. The molecule has 4 nitrogen and oxygen atoms in total. The molecule has 10 aliphatic heterocycles. The Labute approximate surface area is 287 Å². The van der Waals surface area contributed by atoms with E-state index in [2.05, 4.69) is 0 Å². The number of alkyl halides is 6. The van der Waals surface area contributed by atoms with Crippen molar-refractivity contribution < 1.29 is 45.4 Å². The van der Waals surface area contributed by atoms with Gasteiger partial charge in [-0.2, -0.15) is 26.3 Å². The molecular formula is C41H24F6O4. The topological polar surface area (TPSA) is 52.6 Å². The zero-order valence-electron chi connectivity index (χ0n) is 26.3. The van der Waals surface area contributed by atoms with Crippen molar-refractivity contribution in [2.24, 2.45) is 0 Å². The second kappa shape index (κ2) is 12.6. The maximum absolute atomic E-state index is 14.8. The summed E-state index contributed by atoms with van der Waals surface area (Å²) in [4.78, 5) is 26.4. The lowest BCUT2D eigenvalue weighted by molar-refractivity contribution is -0.288. The molecule has 0 N–H and O–H groups in total. The maximum Gasteiger partial charge on any atom is 0.411 e. The third-order valence-electron chi connectivity index (χ3n) is 8.76. The Bertz CT molecular complexity index is 2040. The van der Waals surface area contributed by atoms with Crippen molar-refractivity contribution in [1.29, 1.82) is 0 Å². The van der Waals surface area contributed by atoms with Crippen LogP contribution in [0.1, 0.15) is 43.0 Å². The molecule has 0 atom stereocenters. The van der Waals surface area contributed by atoms with Crippen molar-refractivity contribution in [3.63, 3.8) is 0 Å². The summed E-state index contributed by atoms with van der Waals surface area (Å²) >= 11 is 0. The van der Waals surface area contributed by atoms with Crippen molar-refractivity contribution in [2.75, 3.05) is 0 Å². The fraction of sp³-hybridized carbons (Fsp3) is 0.0732. The van der Waals surface area contributed by atoms with Gasteiger partial charge in [0.25, 0.3) is 0 Å². The van der Waals surface area contributed by atoms with Crippen LogP contribution in [0.5, 0.6) is 23.0 Å². The Hall–Kier alpha value is -6.16. The monoisotopic (exact) mass is 694 g/mol. The summed E-state index contributed by atoms with van der Waals surface area (Å²) in [6.07, 6.45) is -11.6. The second-order valence-corrected chi connectivity index (χ2v) is 11.9. The van der Waals surface area contributed by atoms with Crippen LogP contribution in [0.25, 0.3) is 11.1 Å². The van der Waals surface area contributed by atoms with E-state index in [0.717, 1.165) is 59.7 Å². The van der Waals surface area contributed by atoms with Crippen LogP contribution in [0.15, 0.2) is 146 Å². The highest BCUT2D eigenvalue weighted by Gasteiger charge is 2.72. The van der Waals surface area contributed by atoms with Crippen LogP contribution in [0.4, 0.5) is 26.3 Å². The summed E-state index contributed by atoms with van der Waals surface area (Å²) in [5, 5.41) is 0. The largest absolute Gasteiger partial charge is 0.457 e. The number of hydrogen-bond donors (Lipinski definition) is 0. The van der Waals surface area contributed by atoms with Crippen LogP contribution in [0.2, 0.25) is 0 Å². The molecule has 0 saturated carbocycles. The van der Waals surface area contributed by atoms with Gasteiger partial charge in [-0.3, -0.25) is 9.59 Å². The normalized spacial score (nSPS) is 14.2. The van der Waals surface area contributed by atoms with E-state index in [-0.39, 0.29) is 34.6 Å². The minimum atomic E-state index is -5.79. The molecular weight excluding hydrogens is 670 g/mol. The average Bonchev–Trinajstić information content (AvgIpc) is 3.12. The smallest absolute Gasteiger partial charge is 0.411 e. The van der Waals surface area contributed by atoms with Gasteiger partial charge < -0.3 is 9.47 Å². The number of carbonyl (C=O) groups excluding carboxylic acids is 2. The van der Waals surface area contributed by atoms with E-state index in [1.165, 1.54) is 48.5 Å². The summed E-state index contributed by atoms with van der Waals surface area (Å²) in [6, 6.07) is 32.8. The first kappa shape index (κ1) is 33.3. The maximum atomic E-state index is 14.8. The van der Waals surface area contributed by atoms with Gasteiger partial charge in [0.1, 0.15) is 23.0 Å². The van der Waals surface area contributed by atoms with Crippen LogP contribution in [-0.2, 0) is 5.41 Å². The minimum absolute atomic E-state index is 0.0138. The van der Waals surface area contributed by atoms with Crippen molar-refractivity contribution in [2.45, 2.75) is 17.8 Å². The van der Waals surface area contributed by atoms with E-state index < -0.39 is 28.9 Å². The summed E-state index contributed by atoms with van der Waals surface area (Å²) in [7, 11) is 0. The molecule has 254 valence electrons. The average molecular weight is 695 g/mol. The van der Waals surface area contributed by atoms with Crippen molar-refractivity contribution in [3.05, 3.63) is 179 Å². The molecule has 6 aromatic carbocycles. The van der Waals surface area contributed by atoms with E-state index in [9.17, 15) is 35.9 Å². The lowest BCUT2D eigenvalue weighted by atomic mass is 9.73. The molecule has 10 heterocycles. The molecule has 10 heteroatoms. The molecule has 6 aromatic rings. The predicted octanol–water partition coefficient (Wildman–Crippen LogP) is 11.1. The molecule has 0 amide bonds. The van der Waals surface area contributed by atoms with E-state index in [1.807, 2.05) is 0 Å². The first-order chi connectivity index (χ1) is 24.3. The summed E-state index contributed by atoms with van der Waals surface area (Å²) in [6.45, 7) is 0. The third kappa shape index (κ3) is 6.14.